The second kappa shape index (κ2) is 2.39. The lowest BCUT2D eigenvalue weighted by molar-refractivity contribution is 1.22. The van der Waals surface area contributed by atoms with Gasteiger partial charge in [-0.05, 0) is 23.3 Å². The normalized spacial score (nSPS) is 12.3. The van der Waals surface area contributed by atoms with Crippen molar-refractivity contribution in [3.63, 3.8) is 0 Å². The second-order valence-corrected chi connectivity index (χ2v) is 3.07. The minimum Gasteiger partial charge on any atom is -0.244 e. The van der Waals surface area contributed by atoms with Crippen LogP contribution in [0.25, 0.3) is 11.4 Å². The van der Waals surface area contributed by atoms with Gasteiger partial charge in [-0.2, -0.15) is 0 Å². The van der Waals surface area contributed by atoms with Crippen molar-refractivity contribution in [3.05, 3.63) is 47.8 Å². The molecule has 2 heteroatoms. The molecule has 0 spiro atoms. The topological polar surface area (TPSA) is 25.8 Å². The van der Waals surface area contributed by atoms with Gasteiger partial charge in [0, 0.05) is 6.42 Å². The van der Waals surface area contributed by atoms with Crippen LogP contribution in [0.3, 0.4) is 0 Å². The molecular weight excluding hydrogens is 160 g/mol. The Hall–Kier alpha value is -1.70. The van der Waals surface area contributed by atoms with Gasteiger partial charge < -0.3 is 0 Å². The van der Waals surface area contributed by atoms with Gasteiger partial charge in [-0.1, -0.05) is 12.1 Å². The van der Waals surface area contributed by atoms with E-state index in [0.29, 0.717) is 0 Å². The van der Waals surface area contributed by atoms with E-state index in [0.717, 1.165) is 17.8 Å². The van der Waals surface area contributed by atoms with Crippen molar-refractivity contribution in [1.29, 1.82) is 0 Å². The molecule has 0 N–H and O–H groups in total. The Morgan fingerprint density at radius 1 is 0.923 bits per heavy atom. The van der Waals surface area contributed by atoms with Crippen LogP contribution in [0.2, 0.25) is 0 Å². The average Bonchev–Trinajstić information content (AvgIpc) is 2.56. The van der Waals surface area contributed by atoms with Crippen LogP contribution in [0.4, 0.5) is 0 Å². The van der Waals surface area contributed by atoms with Crippen LogP contribution >= 0.6 is 0 Å². The van der Waals surface area contributed by atoms with E-state index in [1.807, 2.05) is 24.3 Å². The molecule has 1 aliphatic carbocycles. The van der Waals surface area contributed by atoms with Crippen molar-refractivity contribution in [2.75, 3.05) is 0 Å². The van der Waals surface area contributed by atoms with Gasteiger partial charge in [0.05, 0.1) is 23.8 Å². The first-order valence-electron chi connectivity index (χ1n) is 4.17. The molecule has 3 rings (SSSR count). The summed E-state index contributed by atoms with van der Waals surface area (Å²) in [6, 6.07) is 7.77. The van der Waals surface area contributed by atoms with Crippen molar-refractivity contribution >= 4 is 0 Å². The molecule has 2 heterocycles. The van der Waals surface area contributed by atoms with E-state index in [9.17, 15) is 0 Å². The first-order chi connectivity index (χ1) is 6.45. The molecule has 0 unspecified atom stereocenters. The third-order valence-electron chi connectivity index (χ3n) is 2.28. The standard InChI is InChI=1S/C11H6N2/c1-3-8-7-9-4-2-6-13-11(9)10(8)12-5-1/h1-4H,7H2. The number of rotatable bonds is 0. The monoisotopic (exact) mass is 166 g/mol. The predicted molar refractivity (Wildman–Crippen MR) is 47.9 cm³/mol. The highest BCUT2D eigenvalue weighted by atomic mass is 14.8. The van der Waals surface area contributed by atoms with Gasteiger partial charge in [0.2, 0.25) is 0 Å². The van der Waals surface area contributed by atoms with E-state index in [-0.39, 0.29) is 0 Å². The van der Waals surface area contributed by atoms with E-state index in [2.05, 4.69) is 22.4 Å². The zero-order valence-corrected chi connectivity index (χ0v) is 6.91. The summed E-state index contributed by atoms with van der Waals surface area (Å²) >= 11 is 0. The smallest absolute Gasteiger partial charge is 0.0932 e. The summed E-state index contributed by atoms with van der Waals surface area (Å²) < 4.78 is 0. The zero-order valence-electron chi connectivity index (χ0n) is 6.91. The summed E-state index contributed by atoms with van der Waals surface area (Å²) in [5.41, 5.74) is 4.41. The van der Waals surface area contributed by atoms with Crippen molar-refractivity contribution in [2.45, 2.75) is 6.42 Å². The first-order valence-corrected chi connectivity index (χ1v) is 4.17. The average molecular weight is 166 g/mol. The van der Waals surface area contributed by atoms with Gasteiger partial charge in [-0.3, -0.25) is 0 Å². The molecule has 0 bridgehead atoms. The lowest BCUT2D eigenvalue weighted by atomic mass is 10.2. The number of aromatic nitrogens is 2. The third kappa shape index (κ3) is 0.886. The summed E-state index contributed by atoms with van der Waals surface area (Å²) in [5, 5.41) is 0. The Balaban J connectivity index is 2.32. The Kier molecular flexibility index (Phi) is 1.25. The van der Waals surface area contributed by atoms with Gasteiger partial charge >= 0.3 is 0 Å². The minimum absolute atomic E-state index is 0.939. The van der Waals surface area contributed by atoms with Gasteiger partial charge in [0.1, 0.15) is 0 Å². The molecule has 0 amide bonds. The number of fused-ring (bicyclic) bond motifs is 3. The first kappa shape index (κ1) is 6.78. The Morgan fingerprint density at radius 2 is 1.46 bits per heavy atom. The fraction of sp³-hybridized carbons (Fsp3) is 0.0909. The van der Waals surface area contributed by atoms with Crippen molar-refractivity contribution in [1.82, 2.24) is 9.97 Å². The van der Waals surface area contributed by atoms with Crippen LogP contribution in [-0.2, 0) is 6.42 Å². The number of hydrogen-bond acceptors (Lipinski definition) is 2. The molecule has 0 aliphatic heterocycles. The molecule has 0 aromatic carbocycles. The van der Waals surface area contributed by atoms with Gasteiger partial charge in [-0.25, -0.2) is 9.97 Å². The van der Waals surface area contributed by atoms with Gasteiger partial charge in [0.25, 0.3) is 0 Å². The molecule has 2 aromatic rings. The molecule has 2 radical (unpaired) electrons. The largest absolute Gasteiger partial charge is 0.244 e. The summed E-state index contributed by atoms with van der Waals surface area (Å²) in [4.78, 5) is 8.39. The summed E-state index contributed by atoms with van der Waals surface area (Å²) in [6.45, 7) is 0. The maximum atomic E-state index is 4.19. The van der Waals surface area contributed by atoms with Crippen LogP contribution in [0.15, 0.2) is 24.3 Å². The van der Waals surface area contributed by atoms with Crippen molar-refractivity contribution in [3.8, 4) is 11.4 Å². The maximum absolute atomic E-state index is 4.19. The molecule has 1 aliphatic rings. The van der Waals surface area contributed by atoms with E-state index < -0.39 is 0 Å². The quantitative estimate of drug-likeness (QED) is 0.507. The molecule has 13 heavy (non-hydrogen) atoms. The SMILES string of the molecule is [c]1ccc2c(n1)-c1n[c]ccc1C2. The Labute approximate surface area is 76.3 Å². The molecule has 0 fully saturated rings. The van der Waals surface area contributed by atoms with E-state index in [1.165, 1.54) is 11.1 Å². The number of pyridine rings is 2. The van der Waals surface area contributed by atoms with E-state index in [1.54, 1.807) is 0 Å². The zero-order chi connectivity index (χ0) is 8.67. The highest BCUT2D eigenvalue weighted by Crippen LogP contribution is 2.31. The summed E-state index contributed by atoms with van der Waals surface area (Å²) in [7, 11) is 0. The molecule has 0 atom stereocenters. The lowest BCUT2D eigenvalue weighted by Crippen LogP contribution is -1.84. The fourth-order valence-corrected chi connectivity index (χ4v) is 1.68. The van der Waals surface area contributed by atoms with Gasteiger partial charge in [-0.15, -0.1) is 0 Å². The molecule has 2 nitrogen and oxygen atoms in total. The van der Waals surface area contributed by atoms with Crippen molar-refractivity contribution in [2.24, 2.45) is 0 Å². The molecular formula is C11H6N2. The second-order valence-electron chi connectivity index (χ2n) is 3.07. The maximum Gasteiger partial charge on any atom is 0.0932 e. The van der Waals surface area contributed by atoms with Crippen LogP contribution in [0, 0.1) is 12.4 Å². The number of nitrogens with zero attached hydrogens (tertiary/aromatic N) is 2. The van der Waals surface area contributed by atoms with E-state index in [4.69, 9.17) is 0 Å². The lowest BCUT2D eigenvalue weighted by Gasteiger charge is -1.94. The van der Waals surface area contributed by atoms with Crippen molar-refractivity contribution < 1.29 is 0 Å². The van der Waals surface area contributed by atoms with Crippen LogP contribution in [0.5, 0.6) is 0 Å². The Morgan fingerprint density at radius 3 is 2.00 bits per heavy atom. The predicted octanol–water partition coefficient (Wildman–Crippen LogP) is 1.65. The Bertz CT molecular complexity index is 420. The summed E-state index contributed by atoms with van der Waals surface area (Å²) in [6.07, 6.45) is 6.60. The third-order valence-corrected chi connectivity index (χ3v) is 2.28. The molecule has 0 saturated heterocycles. The van der Waals surface area contributed by atoms with Crippen LogP contribution < -0.4 is 0 Å². The molecule has 0 saturated carbocycles. The molecule has 2 aromatic heterocycles. The highest BCUT2D eigenvalue weighted by molar-refractivity contribution is 5.69. The van der Waals surface area contributed by atoms with E-state index >= 15 is 0 Å². The van der Waals surface area contributed by atoms with Crippen LogP contribution in [-0.4, -0.2) is 9.97 Å². The minimum atomic E-state index is 0.939. The summed E-state index contributed by atoms with van der Waals surface area (Å²) in [5.74, 6) is 0. The number of hydrogen-bond donors (Lipinski definition) is 0. The molecule has 60 valence electrons. The van der Waals surface area contributed by atoms with Crippen LogP contribution in [0.1, 0.15) is 11.1 Å². The van der Waals surface area contributed by atoms with Gasteiger partial charge in [0.15, 0.2) is 0 Å². The highest BCUT2D eigenvalue weighted by Gasteiger charge is 2.19. The fourth-order valence-electron chi connectivity index (χ4n) is 1.68.